The van der Waals surface area contributed by atoms with Gasteiger partial charge in [0.15, 0.2) is 0 Å². The zero-order valence-electron chi connectivity index (χ0n) is 17.5. The van der Waals surface area contributed by atoms with E-state index in [0.717, 1.165) is 6.33 Å². The number of hydrogen-bond donors (Lipinski definition) is 1. The molecule has 0 atom stereocenters. The van der Waals surface area contributed by atoms with Crippen LogP contribution in [0.4, 0.5) is 26.1 Å². The third-order valence-electron chi connectivity index (χ3n) is 3.77. The average molecular weight is 439 g/mol. The normalized spacial score (nSPS) is 11.2. The van der Waals surface area contributed by atoms with Crippen molar-refractivity contribution in [1.29, 1.82) is 0 Å². The van der Waals surface area contributed by atoms with E-state index in [1.165, 1.54) is 30.1 Å². The van der Waals surface area contributed by atoms with E-state index in [1.807, 2.05) is 0 Å². The molecule has 0 amide bonds. The van der Waals surface area contributed by atoms with Gasteiger partial charge >= 0.3 is 18.3 Å². The van der Waals surface area contributed by atoms with Crippen LogP contribution in [0.2, 0.25) is 0 Å². The summed E-state index contributed by atoms with van der Waals surface area (Å²) in [4.78, 5) is 32.2. The first-order valence-corrected chi connectivity index (χ1v) is 9.17. The summed E-state index contributed by atoms with van der Waals surface area (Å²) >= 11 is 0. The third-order valence-corrected chi connectivity index (χ3v) is 3.77. The van der Waals surface area contributed by atoms with Gasteiger partial charge in [-0.1, -0.05) is 18.2 Å². The van der Waals surface area contributed by atoms with E-state index >= 15 is 0 Å². The van der Waals surface area contributed by atoms with E-state index < -0.39 is 28.8 Å². The van der Waals surface area contributed by atoms with Gasteiger partial charge in [-0.25, -0.2) is 9.97 Å². The van der Waals surface area contributed by atoms with Gasteiger partial charge in [0.2, 0.25) is 11.6 Å². The smallest absolute Gasteiger partial charge is 0.387 e. The Bertz CT molecular complexity index is 936. The number of hydrogen-bond acceptors (Lipinski definition) is 9. The second-order valence-corrected chi connectivity index (χ2v) is 7.43. The fourth-order valence-electron chi connectivity index (χ4n) is 2.63. The molecule has 0 aliphatic rings. The maximum absolute atomic E-state index is 12.6. The molecular formula is C19H23F2N5O5. The number of para-hydroxylation sites is 1. The van der Waals surface area contributed by atoms with Crippen LogP contribution in [-0.4, -0.2) is 46.7 Å². The molecule has 2 rings (SSSR count). The molecule has 0 saturated carbocycles. The number of carbonyl (C=O) groups is 1. The lowest BCUT2D eigenvalue weighted by molar-refractivity contribution is -0.383. The van der Waals surface area contributed by atoms with Crippen LogP contribution in [0.3, 0.4) is 0 Å². The standard InChI is InChI=1S/C19H23F2N5O5/c1-19(2,3)31-14(27)10-25(4)17-15(26(28)29)16(23-11-24-17)22-9-12-7-5-6-8-13(12)30-18(20)21/h5-8,11,18H,9-10H2,1-4H3,(H,22,23,24). The summed E-state index contributed by atoms with van der Waals surface area (Å²) in [5.74, 6) is -0.900. The lowest BCUT2D eigenvalue weighted by atomic mass is 10.2. The molecule has 10 nitrogen and oxygen atoms in total. The van der Waals surface area contributed by atoms with Crippen LogP contribution < -0.4 is 15.0 Å². The van der Waals surface area contributed by atoms with Crippen LogP contribution in [0, 0.1) is 10.1 Å². The van der Waals surface area contributed by atoms with E-state index in [-0.39, 0.29) is 30.5 Å². The third kappa shape index (κ3) is 7.01. The maximum atomic E-state index is 12.6. The Kier molecular flexibility index (Phi) is 7.61. The van der Waals surface area contributed by atoms with Gasteiger partial charge in [0.05, 0.1) is 4.92 Å². The summed E-state index contributed by atoms with van der Waals surface area (Å²) in [6, 6.07) is 6.03. The Hall–Kier alpha value is -3.57. The second kappa shape index (κ2) is 9.96. The first kappa shape index (κ1) is 23.7. The van der Waals surface area contributed by atoms with Crippen molar-refractivity contribution in [2.75, 3.05) is 23.8 Å². The fraction of sp³-hybridized carbons (Fsp3) is 0.421. The molecule has 0 spiro atoms. The second-order valence-electron chi connectivity index (χ2n) is 7.43. The molecule has 1 N–H and O–H groups in total. The van der Waals surface area contributed by atoms with Crippen molar-refractivity contribution in [3.63, 3.8) is 0 Å². The first-order chi connectivity index (χ1) is 14.5. The predicted octanol–water partition coefficient (Wildman–Crippen LogP) is 3.38. The Morgan fingerprint density at radius 1 is 1.29 bits per heavy atom. The SMILES string of the molecule is CN(CC(=O)OC(C)(C)C)c1ncnc(NCc2ccccc2OC(F)F)c1[N+](=O)[O-]. The molecule has 0 bridgehead atoms. The minimum atomic E-state index is -3.01. The van der Waals surface area contributed by atoms with Gasteiger partial charge in [-0.2, -0.15) is 8.78 Å². The zero-order valence-corrected chi connectivity index (χ0v) is 17.5. The van der Waals surface area contributed by atoms with E-state index in [2.05, 4.69) is 20.0 Å². The number of likely N-dealkylation sites (N-methyl/N-ethyl adjacent to an activating group) is 1. The molecule has 1 aromatic heterocycles. The number of rotatable bonds is 9. The molecule has 0 saturated heterocycles. The molecule has 2 aromatic rings. The first-order valence-electron chi connectivity index (χ1n) is 9.17. The van der Waals surface area contributed by atoms with Crippen molar-refractivity contribution in [2.24, 2.45) is 0 Å². The number of halogens is 2. The van der Waals surface area contributed by atoms with Crippen molar-refractivity contribution in [2.45, 2.75) is 39.5 Å². The van der Waals surface area contributed by atoms with Crippen molar-refractivity contribution >= 4 is 23.3 Å². The zero-order chi connectivity index (χ0) is 23.2. The Labute approximate surface area is 177 Å². The fourth-order valence-corrected chi connectivity index (χ4v) is 2.63. The summed E-state index contributed by atoms with van der Waals surface area (Å²) in [7, 11) is 1.45. The molecule has 0 unspecified atom stereocenters. The van der Waals surface area contributed by atoms with Gasteiger partial charge < -0.3 is 19.7 Å². The molecular weight excluding hydrogens is 416 g/mol. The van der Waals surface area contributed by atoms with Crippen LogP contribution >= 0.6 is 0 Å². The number of ether oxygens (including phenoxy) is 2. The van der Waals surface area contributed by atoms with Crippen LogP contribution in [0.15, 0.2) is 30.6 Å². The molecule has 31 heavy (non-hydrogen) atoms. The lowest BCUT2D eigenvalue weighted by Gasteiger charge is -2.23. The molecule has 1 heterocycles. The van der Waals surface area contributed by atoms with Crippen LogP contribution in [0.5, 0.6) is 5.75 Å². The Morgan fingerprint density at radius 3 is 2.58 bits per heavy atom. The summed E-state index contributed by atoms with van der Waals surface area (Å²) < 4.78 is 34.9. The van der Waals surface area contributed by atoms with Gasteiger partial charge in [-0.05, 0) is 26.8 Å². The highest BCUT2D eigenvalue weighted by Crippen LogP contribution is 2.32. The van der Waals surface area contributed by atoms with Gasteiger partial charge in [-0.3, -0.25) is 14.9 Å². The molecule has 12 heteroatoms. The molecule has 1 aromatic carbocycles. The number of nitrogens with one attached hydrogen (secondary N) is 1. The van der Waals surface area contributed by atoms with Gasteiger partial charge in [0.25, 0.3) is 0 Å². The van der Waals surface area contributed by atoms with Crippen molar-refractivity contribution in [1.82, 2.24) is 9.97 Å². The monoisotopic (exact) mass is 439 g/mol. The molecule has 0 fully saturated rings. The number of esters is 1. The highest BCUT2D eigenvalue weighted by atomic mass is 19.3. The van der Waals surface area contributed by atoms with Crippen LogP contribution in [-0.2, 0) is 16.1 Å². The lowest BCUT2D eigenvalue weighted by Crippen LogP contribution is -2.33. The number of nitrogens with zero attached hydrogens (tertiary/aromatic N) is 4. The van der Waals surface area contributed by atoms with Gasteiger partial charge in [0.1, 0.15) is 24.2 Å². The number of aromatic nitrogens is 2. The predicted molar refractivity (Wildman–Crippen MR) is 108 cm³/mol. The number of alkyl halides is 2. The van der Waals surface area contributed by atoms with E-state index in [4.69, 9.17) is 4.74 Å². The summed E-state index contributed by atoms with van der Waals surface area (Å²) in [5, 5.41) is 14.5. The average Bonchev–Trinajstić information content (AvgIpc) is 2.64. The van der Waals surface area contributed by atoms with Crippen LogP contribution in [0.1, 0.15) is 26.3 Å². The van der Waals surface area contributed by atoms with E-state index in [9.17, 15) is 23.7 Å². The molecule has 0 aliphatic heterocycles. The number of anilines is 2. The number of benzene rings is 1. The molecule has 0 aliphatic carbocycles. The summed E-state index contributed by atoms with van der Waals surface area (Å²) in [6.07, 6.45) is 1.10. The summed E-state index contributed by atoms with van der Waals surface area (Å²) in [5.41, 5.74) is -0.837. The number of carbonyl (C=O) groups excluding carboxylic acids is 1. The van der Waals surface area contributed by atoms with E-state index in [1.54, 1.807) is 26.8 Å². The van der Waals surface area contributed by atoms with Gasteiger partial charge in [-0.15, -0.1) is 0 Å². The Balaban J connectivity index is 2.25. The quantitative estimate of drug-likeness (QED) is 0.356. The molecule has 0 radical (unpaired) electrons. The van der Waals surface area contributed by atoms with E-state index in [0.29, 0.717) is 5.56 Å². The van der Waals surface area contributed by atoms with Crippen molar-refractivity contribution in [3.05, 3.63) is 46.3 Å². The van der Waals surface area contributed by atoms with Gasteiger partial charge in [0, 0.05) is 19.2 Å². The maximum Gasteiger partial charge on any atom is 0.387 e. The minimum Gasteiger partial charge on any atom is -0.459 e. The Morgan fingerprint density at radius 2 is 1.97 bits per heavy atom. The van der Waals surface area contributed by atoms with Crippen LogP contribution in [0.25, 0.3) is 0 Å². The topological polar surface area (TPSA) is 120 Å². The highest BCUT2D eigenvalue weighted by Gasteiger charge is 2.28. The van der Waals surface area contributed by atoms with Crippen molar-refractivity contribution in [3.8, 4) is 5.75 Å². The molecule has 168 valence electrons. The number of nitro groups is 1. The van der Waals surface area contributed by atoms with Crippen molar-refractivity contribution < 1.29 is 28.0 Å². The largest absolute Gasteiger partial charge is 0.459 e. The minimum absolute atomic E-state index is 0.0658. The summed E-state index contributed by atoms with van der Waals surface area (Å²) in [6.45, 7) is 1.75. The highest BCUT2D eigenvalue weighted by molar-refractivity contribution is 5.78.